The van der Waals surface area contributed by atoms with Crippen molar-refractivity contribution in [3.63, 3.8) is 0 Å². The maximum Gasteiger partial charge on any atom is 0.335 e. The lowest BCUT2D eigenvalue weighted by Gasteiger charge is -2.39. The zero-order valence-corrected chi connectivity index (χ0v) is 11.4. The molecule has 4 N–H and O–H groups in total. The molecule has 0 radical (unpaired) electrons. The van der Waals surface area contributed by atoms with Crippen LogP contribution in [0.4, 0.5) is 0 Å². The van der Waals surface area contributed by atoms with E-state index in [1.54, 1.807) is 6.08 Å². The number of aliphatic carboxylic acids is 1. The van der Waals surface area contributed by atoms with Crippen LogP contribution in [0, 0.1) is 5.92 Å². The van der Waals surface area contributed by atoms with Gasteiger partial charge in [-0.3, -0.25) is 0 Å². The summed E-state index contributed by atoms with van der Waals surface area (Å²) >= 11 is 0. The van der Waals surface area contributed by atoms with Crippen molar-refractivity contribution in [3.8, 4) is 0 Å². The number of esters is 1. The Hall–Kier alpha value is -1.44. The molecule has 0 aromatic rings. The predicted molar refractivity (Wildman–Crippen MR) is 67.7 cm³/mol. The van der Waals surface area contributed by atoms with Crippen molar-refractivity contribution in [2.24, 2.45) is 5.92 Å². The first-order valence-electron chi connectivity index (χ1n) is 6.36. The van der Waals surface area contributed by atoms with Gasteiger partial charge in [-0.1, -0.05) is 19.9 Å². The maximum absolute atomic E-state index is 11.5. The molecule has 0 spiro atoms. The number of carbonyl (C=O) groups is 2. The van der Waals surface area contributed by atoms with Gasteiger partial charge in [0.1, 0.15) is 12.2 Å². The molecule has 0 heterocycles. The normalized spacial score (nSPS) is 34.4. The second kappa shape index (κ2) is 6.34. The molecule has 1 saturated carbocycles. The third-order valence-electron chi connectivity index (χ3n) is 3.14. The maximum atomic E-state index is 11.5. The zero-order valence-electron chi connectivity index (χ0n) is 11.4. The van der Waals surface area contributed by atoms with Crippen molar-refractivity contribution in [1.82, 2.24) is 0 Å². The number of carbonyl (C=O) groups excluding carboxylic acids is 1. The van der Waals surface area contributed by atoms with Crippen molar-refractivity contribution >= 4 is 11.9 Å². The van der Waals surface area contributed by atoms with E-state index in [1.165, 1.54) is 0 Å². The smallest absolute Gasteiger partial charge is 0.335 e. The molecule has 1 fully saturated rings. The molecular formula is C13H20O7. The molecule has 0 amide bonds. The molecule has 0 aromatic carbocycles. The Morgan fingerprint density at radius 1 is 1.30 bits per heavy atom. The molecule has 4 atom stereocenters. The van der Waals surface area contributed by atoms with Gasteiger partial charge in [0.05, 0.1) is 6.10 Å². The first kappa shape index (κ1) is 16.6. The van der Waals surface area contributed by atoms with E-state index in [9.17, 15) is 24.9 Å². The Kier molecular flexibility index (Phi) is 5.27. The molecule has 20 heavy (non-hydrogen) atoms. The molecule has 1 aliphatic rings. The Labute approximate surface area is 116 Å². The number of aliphatic hydroxyl groups excluding tert-OH is 2. The van der Waals surface area contributed by atoms with E-state index in [2.05, 4.69) is 0 Å². The van der Waals surface area contributed by atoms with E-state index in [1.807, 2.05) is 13.8 Å². The second-order valence-corrected chi connectivity index (χ2v) is 5.38. The highest BCUT2D eigenvalue weighted by atomic mass is 16.6. The molecule has 7 heteroatoms. The molecule has 1 rings (SSSR count). The lowest BCUT2D eigenvalue weighted by Crippen LogP contribution is -2.57. The van der Waals surface area contributed by atoms with Gasteiger partial charge in [-0.15, -0.1) is 0 Å². The number of carboxylic acids is 1. The number of rotatable bonds is 4. The molecule has 0 aromatic heterocycles. The van der Waals surface area contributed by atoms with Crippen molar-refractivity contribution in [3.05, 3.63) is 12.2 Å². The lowest BCUT2D eigenvalue weighted by molar-refractivity contribution is -0.196. The van der Waals surface area contributed by atoms with Gasteiger partial charge in [-0.05, 0) is 5.92 Å². The minimum Gasteiger partial charge on any atom is -0.479 e. The molecule has 4 unspecified atom stereocenters. The van der Waals surface area contributed by atoms with Crippen molar-refractivity contribution in [2.45, 2.75) is 50.6 Å². The molecule has 7 nitrogen and oxygen atoms in total. The average molecular weight is 288 g/mol. The fourth-order valence-corrected chi connectivity index (χ4v) is 2.00. The molecular weight excluding hydrogens is 268 g/mol. The first-order valence-corrected chi connectivity index (χ1v) is 6.36. The van der Waals surface area contributed by atoms with Gasteiger partial charge in [-0.25, -0.2) is 9.59 Å². The Morgan fingerprint density at radius 3 is 2.40 bits per heavy atom. The van der Waals surface area contributed by atoms with E-state index in [-0.39, 0.29) is 5.92 Å². The minimum atomic E-state index is -2.22. The number of allylic oxidation sites excluding steroid dienone is 1. The minimum absolute atomic E-state index is 0.125. The highest BCUT2D eigenvalue weighted by Gasteiger charge is 2.50. The van der Waals surface area contributed by atoms with Crippen LogP contribution in [0.2, 0.25) is 0 Å². The molecule has 0 aliphatic heterocycles. The molecule has 114 valence electrons. The van der Waals surface area contributed by atoms with E-state index in [0.717, 1.165) is 6.08 Å². The predicted octanol–water partition coefficient (Wildman–Crippen LogP) is -0.558. The number of ether oxygens (including phenoxy) is 1. The lowest BCUT2D eigenvalue weighted by atomic mass is 9.79. The van der Waals surface area contributed by atoms with Crippen LogP contribution in [-0.4, -0.2) is 56.3 Å². The van der Waals surface area contributed by atoms with Crippen LogP contribution in [0.25, 0.3) is 0 Å². The summed E-state index contributed by atoms with van der Waals surface area (Å²) < 4.78 is 4.91. The quantitative estimate of drug-likeness (QED) is 0.404. The van der Waals surface area contributed by atoms with E-state index < -0.39 is 48.7 Å². The second-order valence-electron chi connectivity index (χ2n) is 5.38. The van der Waals surface area contributed by atoms with E-state index in [0.29, 0.717) is 0 Å². The number of hydrogen-bond donors (Lipinski definition) is 4. The number of carboxylic acid groups (broad SMARTS) is 1. The van der Waals surface area contributed by atoms with Gasteiger partial charge in [0, 0.05) is 18.9 Å². The molecule has 0 bridgehead atoms. The van der Waals surface area contributed by atoms with Crippen molar-refractivity contribution < 1.29 is 34.8 Å². The van der Waals surface area contributed by atoms with Crippen molar-refractivity contribution in [1.29, 1.82) is 0 Å². The van der Waals surface area contributed by atoms with Gasteiger partial charge in [-0.2, -0.15) is 0 Å². The molecule has 1 aliphatic carbocycles. The van der Waals surface area contributed by atoms with Crippen LogP contribution in [0.5, 0.6) is 0 Å². The van der Waals surface area contributed by atoms with E-state index in [4.69, 9.17) is 9.84 Å². The van der Waals surface area contributed by atoms with Crippen LogP contribution in [-0.2, 0) is 14.3 Å². The summed E-state index contributed by atoms with van der Waals surface area (Å²) in [6.07, 6.45) is -2.41. The summed E-state index contributed by atoms with van der Waals surface area (Å²) in [7, 11) is 0. The Bertz CT molecular complexity index is 404. The zero-order chi connectivity index (χ0) is 15.5. The SMILES string of the molecule is CC(C)C=CC(=O)OC1CC(O)(C(=O)O)CC(O)C1O. The summed E-state index contributed by atoms with van der Waals surface area (Å²) in [6.45, 7) is 3.71. The van der Waals surface area contributed by atoms with Crippen LogP contribution < -0.4 is 0 Å². The van der Waals surface area contributed by atoms with Gasteiger partial charge < -0.3 is 25.2 Å². The monoisotopic (exact) mass is 288 g/mol. The van der Waals surface area contributed by atoms with Gasteiger partial charge in [0.25, 0.3) is 0 Å². The standard InChI is InChI=1S/C13H20O7/c1-7(2)3-4-10(15)20-9-6-13(19,12(17)18)5-8(14)11(9)16/h3-4,7-9,11,14,16,19H,5-6H2,1-2H3,(H,17,18). The van der Waals surface area contributed by atoms with E-state index >= 15 is 0 Å². The Balaban J connectivity index is 2.77. The first-order chi connectivity index (χ1) is 9.15. The highest BCUT2D eigenvalue weighted by Crippen LogP contribution is 2.31. The number of aliphatic hydroxyl groups is 3. The topological polar surface area (TPSA) is 124 Å². The summed E-state index contributed by atoms with van der Waals surface area (Å²) in [5.74, 6) is -2.16. The summed E-state index contributed by atoms with van der Waals surface area (Å²) in [5.41, 5.74) is -2.22. The Morgan fingerprint density at radius 2 is 1.90 bits per heavy atom. The summed E-state index contributed by atoms with van der Waals surface area (Å²) in [5, 5.41) is 38.1. The van der Waals surface area contributed by atoms with Gasteiger partial charge in [0.2, 0.25) is 0 Å². The number of hydrogen-bond acceptors (Lipinski definition) is 6. The van der Waals surface area contributed by atoms with Crippen molar-refractivity contribution in [2.75, 3.05) is 0 Å². The van der Waals surface area contributed by atoms with Crippen LogP contribution in [0.3, 0.4) is 0 Å². The third-order valence-corrected chi connectivity index (χ3v) is 3.14. The van der Waals surface area contributed by atoms with Gasteiger partial charge >= 0.3 is 11.9 Å². The summed E-state index contributed by atoms with van der Waals surface area (Å²) in [6, 6.07) is 0. The van der Waals surface area contributed by atoms with Crippen LogP contribution in [0.1, 0.15) is 26.7 Å². The largest absolute Gasteiger partial charge is 0.479 e. The van der Waals surface area contributed by atoms with Crippen LogP contribution in [0.15, 0.2) is 12.2 Å². The molecule has 0 saturated heterocycles. The highest BCUT2D eigenvalue weighted by molar-refractivity contribution is 5.82. The fourth-order valence-electron chi connectivity index (χ4n) is 2.00. The van der Waals surface area contributed by atoms with Crippen LogP contribution >= 0.6 is 0 Å². The van der Waals surface area contributed by atoms with Gasteiger partial charge in [0.15, 0.2) is 5.60 Å². The summed E-state index contributed by atoms with van der Waals surface area (Å²) in [4.78, 5) is 22.5. The third kappa shape index (κ3) is 4.03. The average Bonchev–Trinajstić information content (AvgIpc) is 2.32. The fraction of sp³-hybridized carbons (Fsp3) is 0.692.